The second-order valence-corrected chi connectivity index (χ2v) is 5.52. The van der Waals surface area contributed by atoms with Crippen molar-refractivity contribution >= 4 is 27.5 Å². The fourth-order valence-corrected chi connectivity index (χ4v) is 2.49. The molecule has 2 aromatic rings. The molecule has 0 heterocycles. The van der Waals surface area contributed by atoms with Crippen LogP contribution in [-0.4, -0.2) is 13.0 Å². The molecule has 4 nitrogen and oxygen atoms in total. The lowest BCUT2D eigenvalue weighted by Gasteiger charge is -2.17. The third-order valence-electron chi connectivity index (χ3n) is 3.23. The Kier molecular flexibility index (Phi) is 4.85. The van der Waals surface area contributed by atoms with Crippen LogP contribution in [0.5, 0.6) is 5.75 Å². The number of para-hydroxylation sites is 1. The Labute approximate surface area is 132 Å². The van der Waals surface area contributed by atoms with Crippen LogP contribution in [-0.2, 0) is 0 Å². The molecule has 2 rings (SSSR count). The SMILES string of the molecule is COc1ccc(Br)c(C(=O)NC(C)c2ccccc2N)c1. The number of carbonyl (C=O) groups excluding carboxylic acids is 1. The second-order valence-electron chi connectivity index (χ2n) is 4.67. The molecule has 1 atom stereocenters. The number of benzene rings is 2. The molecular weight excluding hydrogens is 332 g/mol. The van der Waals surface area contributed by atoms with Gasteiger partial charge in [-0.3, -0.25) is 4.79 Å². The van der Waals surface area contributed by atoms with Gasteiger partial charge >= 0.3 is 0 Å². The van der Waals surface area contributed by atoms with Gasteiger partial charge in [-0.2, -0.15) is 0 Å². The van der Waals surface area contributed by atoms with E-state index in [1.165, 1.54) is 0 Å². The Morgan fingerprint density at radius 1 is 1.29 bits per heavy atom. The highest BCUT2D eigenvalue weighted by Crippen LogP contribution is 2.24. The molecule has 0 aliphatic heterocycles. The molecule has 3 N–H and O–H groups in total. The van der Waals surface area contributed by atoms with Gasteiger partial charge in [-0.05, 0) is 52.7 Å². The van der Waals surface area contributed by atoms with Gasteiger partial charge in [0, 0.05) is 10.2 Å². The smallest absolute Gasteiger partial charge is 0.253 e. The van der Waals surface area contributed by atoms with Gasteiger partial charge in [0.25, 0.3) is 5.91 Å². The summed E-state index contributed by atoms with van der Waals surface area (Å²) in [5.41, 5.74) is 8.01. The average Bonchev–Trinajstić information content (AvgIpc) is 2.48. The molecule has 0 aliphatic rings. The molecule has 0 aromatic heterocycles. The summed E-state index contributed by atoms with van der Waals surface area (Å²) in [7, 11) is 1.57. The minimum atomic E-state index is -0.184. The van der Waals surface area contributed by atoms with Gasteiger partial charge in [0.1, 0.15) is 5.75 Å². The number of halogens is 1. The molecule has 0 aliphatic carbocycles. The van der Waals surface area contributed by atoms with Crippen molar-refractivity contribution < 1.29 is 9.53 Å². The molecule has 0 saturated heterocycles. The Hall–Kier alpha value is -2.01. The number of methoxy groups -OCH3 is 1. The number of anilines is 1. The lowest BCUT2D eigenvalue weighted by atomic mass is 10.1. The lowest BCUT2D eigenvalue weighted by molar-refractivity contribution is 0.0939. The van der Waals surface area contributed by atoms with Crippen LogP contribution in [0.25, 0.3) is 0 Å². The summed E-state index contributed by atoms with van der Waals surface area (Å²) < 4.78 is 5.86. The summed E-state index contributed by atoms with van der Waals surface area (Å²) in [6, 6.07) is 12.6. The predicted molar refractivity (Wildman–Crippen MR) is 87.4 cm³/mol. The number of nitrogens with one attached hydrogen (secondary N) is 1. The molecule has 0 fully saturated rings. The maximum Gasteiger partial charge on any atom is 0.253 e. The van der Waals surface area contributed by atoms with Gasteiger partial charge in [0.2, 0.25) is 0 Å². The van der Waals surface area contributed by atoms with E-state index in [9.17, 15) is 4.79 Å². The molecule has 0 spiro atoms. The molecular formula is C16H17BrN2O2. The summed E-state index contributed by atoms with van der Waals surface area (Å²) in [6.45, 7) is 1.90. The average molecular weight is 349 g/mol. The minimum absolute atomic E-state index is 0.184. The number of amides is 1. The van der Waals surface area contributed by atoms with Crippen LogP contribution in [0.1, 0.15) is 28.9 Å². The topological polar surface area (TPSA) is 64.3 Å². The van der Waals surface area contributed by atoms with E-state index in [-0.39, 0.29) is 11.9 Å². The number of nitrogens with two attached hydrogens (primary N) is 1. The van der Waals surface area contributed by atoms with Gasteiger partial charge in [-0.1, -0.05) is 18.2 Å². The summed E-state index contributed by atoms with van der Waals surface area (Å²) in [6.07, 6.45) is 0. The molecule has 0 bridgehead atoms. The van der Waals surface area contributed by atoms with Crippen molar-refractivity contribution in [3.63, 3.8) is 0 Å². The highest BCUT2D eigenvalue weighted by atomic mass is 79.9. The summed E-state index contributed by atoms with van der Waals surface area (Å²) >= 11 is 3.38. The van der Waals surface area contributed by atoms with E-state index >= 15 is 0 Å². The first-order chi connectivity index (χ1) is 10.0. The van der Waals surface area contributed by atoms with E-state index < -0.39 is 0 Å². The molecule has 110 valence electrons. The van der Waals surface area contributed by atoms with Crippen LogP contribution >= 0.6 is 15.9 Å². The van der Waals surface area contributed by atoms with Crippen molar-refractivity contribution in [3.05, 3.63) is 58.1 Å². The standard InChI is InChI=1S/C16H17BrN2O2/c1-10(12-5-3-4-6-15(12)18)19-16(20)13-9-11(21-2)7-8-14(13)17/h3-10H,18H2,1-2H3,(H,19,20). The summed E-state index contributed by atoms with van der Waals surface area (Å²) in [5, 5.41) is 2.94. The van der Waals surface area contributed by atoms with Gasteiger partial charge in [0.15, 0.2) is 0 Å². The molecule has 5 heteroatoms. The number of nitrogen functional groups attached to an aromatic ring is 1. The molecule has 1 unspecified atom stereocenters. The van der Waals surface area contributed by atoms with Gasteiger partial charge in [-0.15, -0.1) is 0 Å². The maximum atomic E-state index is 12.4. The highest BCUT2D eigenvalue weighted by Gasteiger charge is 2.16. The van der Waals surface area contributed by atoms with Crippen LogP contribution in [0.3, 0.4) is 0 Å². The van der Waals surface area contributed by atoms with E-state index in [1.54, 1.807) is 25.3 Å². The van der Waals surface area contributed by atoms with E-state index in [0.29, 0.717) is 21.5 Å². The quantitative estimate of drug-likeness (QED) is 0.830. The normalized spacial score (nSPS) is 11.8. The number of hydrogen-bond acceptors (Lipinski definition) is 3. The van der Waals surface area contributed by atoms with E-state index in [0.717, 1.165) is 5.56 Å². The number of carbonyl (C=O) groups is 1. The number of rotatable bonds is 4. The Morgan fingerprint density at radius 2 is 2.00 bits per heavy atom. The van der Waals surface area contributed by atoms with Crippen molar-refractivity contribution in [2.24, 2.45) is 0 Å². The van der Waals surface area contributed by atoms with Crippen molar-refractivity contribution in [2.45, 2.75) is 13.0 Å². The van der Waals surface area contributed by atoms with E-state index in [1.807, 2.05) is 31.2 Å². The molecule has 1 amide bonds. The largest absolute Gasteiger partial charge is 0.497 e. The lowest BCUT2D eigenvalue weighted by Crippen LogP contribution is -2.27. The van der Waals surface area contributed by atoms with Crippen molar-refractivity contribution in [3.8, 4) is 5.75 Å². The number of hydrogen-bond donors (Lipinski definition) is 2. The second kappa shape index (κ2) is 6.63. The first-order valence-electron chi connectivity index (χ1n) is 6.51. The summed E-state index contributed by atoms with van der Waals surface area (Å²) in [4.78, 5) is 12.4. The predicted octanol–water partition coefficient (Wildman–Crippen LogP) is 3.53. The molecule has 2 aromatic carbocycles. The first kappa shape index (κ1) is 15.4. The van der Waals surface area contributed by atoms with Gasteiger partial charge in [0.05, 0.1) is 18.7 Å². The van der Waals surface area contributed by atoms with Crippen molar-refractivity contribution in [2.75, 3.05) is 12.8 Å². The number of ether oxygens (including phenoxy) is 1. The van der Waals surface area contributed by atoms with Gasteiger partial charge < -0.3 is 15.8 Å². The summed E-state index contributed by atoms with van der Waals surface area (Å²) in [5.74, 6) is 0.451. The third kappa shape index (κ3) is 3.55. The van der Waals surface area contributed by atoms with Gasteiger partial charge in [-0.25, -0.2) is 0 Å². The Morgan fingerprint density at radius 3 is 2.67 bits per heavy atom. The zero-order valence-corrected chi connectivity index (χ0v) is 13.5. The zero-order valence-electron chi connectivity index (χ0n) is 11.9. The highest BCUT2D eigenvalue weighted by molar-refractivity contribution is 9.10. The monoisotopic (exact) mass is 348 g/mol. The first-order valence-corrected chi connectivity index (χ1v) is 7.31. The zero-order chi connectivity index (χ0) is 15.4. The van der Waals surface area contributed by atoms with E-state index in [4.69, 9.17) is 10.5 Å². The van der Waals surface area contributed by atoms with Crippen LogP contribution in [0.2, 0.25) is 0 Å². The van der Waals surface area contributed by atoms with Crippen LogP contribution in [0, 0.1) is 0 Å². The van der Waals surface area contributed by atoms with Crippen molar-refractivity contribution in [1.29, 1.82) is 0 Å². The fraction of sp³-hybridized carbons (Fsp3) is 0.188. The van der Waals surface area contributed by atoms with Crippen LogP contribution in [0.15, 0.2) is 46.9 Å². The molecule has 0 radical (unpaired) electrons. The van der Waals surface area contributed by atoms with Crippen LogP contribution in [0.4, 0.5) is 5.69 Å². The van der Waals surface area contributed by atoms with Crippen molar-refractivity contribution in [1.82, 2.24) is 5.32 Å². The van der Waals surface area contributed by atoms with Crippen LogP contribution < -0.4 is 15.8 Å². The fourth-order valence-electron chi connectivity index (χ4n) is 2.06. The molecule has 0 saturated carbocycles. The minimum Gasteiger partial charge on any atom is -0.497 e. The maximum absolute atomic E-state index is 12.4. The van der Waals surface area contributed by atoms with E-state index in [2.05, 4.69) is 21.2 Å². The Bertz CT molecular complexity index is 658. The Balaban J connectivity index is 2.20. The third-order valence-corrected chi connectivity index (χ3v) is 3.92. The molecule has 21 heavy (non-hydrogen) atoms.